The average Bonchev–Trinajstić information content (AvgIpc) is 3.20. The molecular weight excluding hydrogens is 448 g/mol. The maximum absolute atomic E-state index is 13.0. The third-order valence-corrected chi connectivity index (χ3v) is 5.90. The fourth-order valence-corrected chi connectivity index (χ4v) is 4.34. The molecule has 1 fully saturated rings. The standard InChI is InChI=1S/C22H20N4O6S/c1-32-17-4-3-15-12-26(20(28)18(15)8-17)13-22(9-19(27)24-21(22)29)6-5-14-7-16(11-23-10-14)25-33(2,30)31/h3-4,7-8,10-11,25H,9,12-13H2,1-2H3,(H,24,27,29)/t22-/m1/s1. The maximum atomic E-state index is 13.0. The van der Waals surface area contributed by atoms with E-state index in [0.29, 0.717) is 16.9 Å². The largest absolute Gasteiger partial charge is 0.497 e. The Hall–Kier alpha value is -3.91. The number of pyridine rings is 1. The molecule has 2 aliphatic rings. The Kier molecular flexibility index (Phi) is 5.55. The SMILES string of the molecule is COc1ccc2c(c1)C(=O)N(C[C@@]1(C#Cc3cncc(NS(C)(=O)=O)c3)CC(=O)NC1=O)C2. The van der Waals surface area contributed by atoms with E-state index in [0.717, 1.165) is 11.8 Å². The molecule has 1 aromatic heterocycles. The van der Waals surface area contributed by atoms with Crippen LogP contribution in [0.2, 0.25) is 0 Å². The Morgan fingerprint density at radius 2 is 2.03 bits per heavy atom. The Morgan fingerprint density at radius 3 is 2.70 bits per heavy atom. The van der Waals surface area contributed by atoms with Crippen LogP contribution in [0.25, 0.3) is 0 Å². The van der Waals surface area contributed by atoms with Crippen molar-refractivity contribution in [2.75, 3.05) is 24.6 Å². The van der Waals surface area contributed by atoms with Crippen LogP contribution in [0.3, 0.4) is 0 Å². The van der Waals surface area contributed by atoms with E-state index in [1.54, 1.807) is 18.2 Å². The van der Waals surface area contributed by atoms with E-state index in [2.05, 4.69) is 26.9 Å². The summed E-state index contributed by atoms with van der Waals surface area (Å²) in [7, 11) is -2.00. The van der Waals surface area contributed by atoms with Crippen molar-refractivity contribution >= 4 is 33.4 Å². The average molecular weight is 468 g/mol. The number of sulfonamides is 1. The smallest absolute Gasteiger partial charge is 0.254 e. The third kappa shape index (κ3) is 4.65. The highest BCUT2D eigenvalue weighted by atomic mass is 32.2. The molecule has 2 aromatic rings. The zero-order valence-corrected chi connectivity index (χ0v) is 18.7. The van der Waals surface area contributed by atoms with Crippen molar-refractivity contribution in [2.45, 2.75) is 13.0 Å². The van der Waals surface area contributed by atoms with Gasteiger partial charge in [0.2, 0.25) is 21.8 Å². The number of nitrogens with one attached hydrogen (secondary N) is 2. The van der Waals surface area contributed by atoms with Gasteiger partial charge in [-0.15, -0.1) is 0 Å². The summed E-state index contributed by atoms with van der Waals surface area (Å²) in [5, 5.41) is 2.27. The summed E-state index contributed by atoms with van der Waals surface area (Å²) in [6.45, 7) is 0.195. The second kappa shape index (κ2) is 8.22. The van der Waals surface area contributed by atoms with Crippen molar-refractivity contribution in [3.63, 3.8) is 0 Å². The van der Waals surface area contributed by atoms with Crippen LogP contribution in [0.1, 0.15) is 27.9 Å². The van der Waals surface area contributed by atoms with Crippen LogP contribution in [-0.4, -0.2) is 55.9 Å². The van der Waals surface area contributed by atoms with E-state index in [-0.39, 0.29) is 31.1 Å². The minimum atomic E-state index is -3.51. The van der Waals surface area contributed by atoms with Crippen molar-refractivity contribution in [3.8, 4) is 17.6 Å². The van der Waals surface area contributed by atoms with Crippen molar-refractivity contribution in [2.24, 2.45) is 5.41 Å². The van der Waals surface area contributed by atoms with E-state index in [9.17, 15) is 22.8 Å². The molecule has 0 bridgehead atoms. The number of imide groups is 1. The summed E-state index contributed by atoms with van der Waals surface area (Å²) in [5.41, 5.74) is 0.378. The predicted molar refractivity (Wildman–Crippen MR) is 118 cm³/mol. The van der Waals surface area contributed by atoms with Gasteiger partial charge in [-0.1, -0.05) is 17.9 Å². The first-order chi connectivity index (χ1) is 15.6. The number of carbonyl (C=O) groups excluding carboxylic acids is 3. The van der Waals surface area contributed by atoms with Crippen molar-refractivity contribution in [1.29, 1.82) is 0 Å². The molecule has 2 N–H and O–H groups in total. The Morgan fingerprint density at radius 1 is 1.24 bits per heavy atom. The first-order valence-corrected chi connectivity index (χ1v) is 11.7. The van der Waals surface area contributed by atoms with E-state index in [1.807, 2.05) is 0 Å². The Balaban J connectivity index is 1.63. The van der Waals surface area contributed by atoms with Gasteiger partial charge in [0.15, 0.2) is 0 Å². The van der Waals surface area contributed by atoms with Gasteiger partial charge in [-0.05, 0) is 23.8 Å². The number of carbonyl (C=O) groups is 3. The van der Waals surface area contributed by atoms with Gasteiger partial charge < -0.3 is 9.64 Å². The van der Waals surface area contributed by atoms with Gasteiger partial charge >= 0.3 is 0 Å². The molecule has 2 aliphatic heterocycles. The van der Waals surface area contributed by atoms with Gasteiger partial charge in [0, 0.05) is 30.4 Å². The molecule has 1 aromatic carbocycles. The van der Waals surface area contributed by atoms with Gasteiger partial charge in [0.05, 0.1) is 31.7 Å². The van der Waals surface area contributed by atoms with E-state index in [1.165, 1.54) is 30.5 Å². The van der Waals surface area contributed by atoms with E-state index >= 15 is 0 Å². The molecule has 10 nitrogen and oxygen atoms in total. The first kappa shape index (κ1) is 22.3. The van der Waals surface area contributed by atoms with Crippen LogP contribution in [-0.2, 0) is 26.2 Å². The number of benzene rings is 1. The molecule has 0 spiro atoms. The summed E-state index contributed by atoms with van der Waals surface area (Å²) in [6.07, 6.45) is 3.54. The number of aromatic nitrogens is 1. The summed E-state index contributed by atoms with van der Waals surface area (Å²) >= 11 is 0. The molecule has 3 amide bonds. The molecule has 0 aliphatic carbocycles. The van der Waals surface area contributed by atoms with Crippen LogP contribution >= 0.6 is 0 Å². The number of anilines is 1. The molecule has 170 valence electrons. The van der Waals surface area contributed by atoms with Crippen molar-refractivity contribution < 1.29 is 27.5 Å². The fraction of sp³-hybridized carbons (Fsp3) is 0.273. The van der Waals surface area contributed by atoms with Crippen LogP contribution in [0.15, 0.2) is 36.7 Å². The summed E-state index contributed by atoms with van der Waals surface area (Å²) in [4.78, 5) is 43.2. The lowest BCUT2D eigenvalue weighted by Gasteiger charge is -2.25. The lowest BCUT2D eigenvalue weighted by molar-refractivity contribution is -0.127. The number of hydrogen-bond acceptors (Lipinski definition) is 7. The van der Waals surface area contributed by atoms with Crippen molar-refractivity contribution in [3.05, 3.63) is 53.3 Å². The third-order valence-electron chi connectivity index (χ3n) is 5.29. The highest BCUT2D eigenvalue weighted by Gasteiger charge is 2.48. The van der Waals surface area contributed by atoms with Gasteiger partial charge in [-0.3, -0.25) is 29.4 Å². The molecule has 0 unspecified atom stereocenters. The lowest BCUT2D eigenvalue weighted by atomic mass is 9.85. The first-order valence-electron chi connectivity index (χ1n) is 9.85. The molecule has 11 heteroatoms. The van der Waals surface area contributed by atoms with Crippen molar-refractivity contribution in [1.82, 2.24) is 15.2 Å². The number of fused-ring (bicyclic) bond motifs is 1. The highest BCUT2D eigenvalue weighted by Crippen LogP contribution is 2.33. The number of amides is 3. The molecule has 3 heterocycles. The minimum Gasteiger partial charge on any atom is -0.497 e. The number of hydrogen-bond donors (Lipinski definition) is 2. The molecule has 33 heavy (non-hydrogen) atoms. The predicted octanol–water partition coefficient (Wildman–Crippen LogP) is 0.502. The van der Waals surface area contributed by atoms with Gasteiger partial charge in [0.1, 0.15) is 11.2 Å². The quantitative estimate of drug-likeness (QED) is 0.482. The van der Waals surface area contributed by atoms with Crippen LogP contribution in [0.5, 0.6) is 5.75 Å². The number of methoxy groups -OCH3 is 1. The molecule has 1 saturated heterocycles. The van der Waals surface area contributed by atoms with Gasteiger partial charge in [-0.25, -0.2) is 8.42 Å². The molecular formula is C22H20N4O6S. The summed E-state index contributed by atoms with van der Waals surface area (Å²) in [5.74, 6) is 4.87. The number of ether oxygens (including phenoxy) is 1. The van der Waals surface area contributed by atoms with Crippen LogP contribution in [0, 0.1) is 17.3 Å². The zero-order chi connectivity index (χ0) is 23.8. The number of rotatable bonds is 5. The second-order valence-corrected chi connectivity index (χ2v) is 9.66. The topological polar surface area (TPSA) is 135 Å². The summed E-state index contributed by atoms with van der Waals surface area (Å²) < 4.78 is 30.4. The van der Waals surface area contributed by atoms with Crippen LogP contribution < -0.4 is 14.8 Å². The second-order valence-electron chi connectivity index (χ2n) is 7.91. The molecule has 4 rings (SSSR count). The minimum absolute atomic E-state index is 0.0812. The van der Waals surface area contributed by atoms with Gasteiger partial charge in [-0.2, -0.15) is 0 Å². The normalized spacial score (nSPS) is 19.6. The Bertz CT molecular complexity index is 1340. The van der Waals surface area contributed by atoms with E-state index in [4.69, 9.17) is 4.74 Å². The fourth-order valence-electron chi connectivity index (χ4n) is 3.80. The van der Waals surface area contributed by atoms with E-state index < -0.39 is 27.3 Å². The molecule has 0 saturated carbocycles. The Labute approximate surface area is 190 Å². The molecule has 0 radical (unpaired) electrons. The zero-order valence-electron chi connectivity index (χ0n) is 17.8. The highest BCUT2D eigenvalue weighted by molar-refractivity contribution is 7.92. The monoisotopic (exact) mass is 468 g/mol. The molecule has 1 atom stereocenters. The van der Waals surface area contributed by atoms with Crippen LogP contribution in [0.4, 0.5) is 5.69 Å². The van der Waals surface area contributed by atoms with Gasteiger partial charge in [0.25, 0.3) is 5.91 Å². The maximum Gasteiger partial charge on any atom is 0.254 e. The lowest BCUT2D eigenvalue weighted by Crippen LogP contribution is -2.42. The summed E-state index contributed by atoms with van der Waals surface area (Å²) in [6, 6.07) is 6.64. The number of nitrogens with zero attached hydrogens (tertiary/aromatic N) is 2.